The van der Waals surface area contributed by atoms with Crippen molar-refractivity contribution in [1.82, 2.24) is 9.88 Å². The third-order valence-corrected chi connectivity index (χ3v) is 3.81. The molecule has 1 saturated carbocycles. The normalized spacial score (nSPS) is 25.1. The first-order valence-electron chi connectivity index (χ1n) is 6.71. The zero-order valence-electron chi connectivity index (χ0n) is 11.2. The van der Waals surface area contributed by atoms with Gasteiger partial charge in [-0.2, -0.15) is 5.11 Å². The summed E-state index contributed by atoms with van der Waals surface area (Å²) < 4.78 is 1.79. The van der Waals surface area contributed by atoms with E-state index in [1.807, 2.05) is 19.3 Å². The van der Waals surface area contributed by atoms with Crippen molar-refractivity contribution in [3.63, 3.8) is 0 Å². The average molecular weight is 272 g/mol. The van der Waals surface area contributed by atoms with Crippen LogP contribution in [0, 0.1) is 0 Å². The Morgan fingerprint density at radius 1 is 1.45 bits per heavy atom. The van der Waals surface area contributed by atoms with Crippen molar-refractivity contribution in [3.05, 3.63) is 35.7 Å². The molecule has 1 N–H and O–H groups in total. The van der Waals surface area contributed by atoms with Gasteiger partial charge in [0, 0.05) is 25.4 Å². The summed E-state index contributed by atoms with van der Waals surface area (Å²) in [5.74, 6) is -0.379. The van der Waals surface area contributed by atoms with E-state index in [9.17, 15) is 9.59 Å². The lowest BCUT2D eigenvalue weighted by Gasteiger charge is -2.30. The van der Waals surface area contributed by atoms with Crippen molar-refractivity contribution < 1.29 is 9.59 Å². The third-order valence-electron chi connectivity index (χ3n) is 3.81. The molecule has 2 aliphatic rings. The minimum absolute atomic E-state index is 0.0240. The second kappa shape index (κ2) is 5.03. The van der Waals surface area contributed by atoms with E-state index in [0.717, 1.165) is 18.4 Å². The highest BCUT2D eigenvalue weighted by molar-refractivity contribution is 5.93. The molecule has 104 valence electrons. The van der Waals surface area contributed by atoms with Crippen LogP contribution in [0.3, 0.4) is 0 Å². The topological polar surface area (TPSA) is 75.8 Å². The Balaban J connectivity index is 1.67. The van der Waals surface area contributed by atoms with E-state index < -0.39 is 0 Å². The lowest BCUT2D eigenvalue weighted by molar-refractivity contribution is -0.114. The molecule has 0 aromatic carbocycles. The van der Waals surface area contributed by atoms with Gasteiger partial charge in [0.05, 0.1) is 6.04 Å². The largest absolute Gasteiger partial charge is 0.348 e. The van der Waals surface area contributed by atoms with E-state index in [4.69, 9.17) is 0 Å². The first-order chi connectivity index (χ1) is 9.63. The number of azo groups is 1. The van der Waals surface area contributed by atoms with Crippen LogP contribution in [-0.2, 0) is 11.8 Å². The summed E-state index contributed by atoms with van der Waals surface area (Å²) in [7, 11) is 1.84. The Morgan fingerprint density at radius 2 is 2.30 bits per heavy atom. The summed E-state index contributed by atoms with van der Waals surface area (Å²) in [6.07, 6.45) is 5.74. The van der Waals surface area contributed by atoms with Gasteiger partial charge in [0.1, 0.15) is 5.69 Å². The number of aryl methyl sites for hydroxylation is 1. The number of nitrogens with zero attached hydrogens (tertiary/aromatic N) is 3. The molecule has 2 unspecified atom stereocenters. The zero-order valence-corrected chi connectivity index (χ0v) is 11.2. The monoisotopic (exact) mass is 272 g/mol. The van der Waals surface area contributed by atoms with Crippen LogP contribution in [0.4, 0.5) is 0 Å². The Bertz CT molecular complexity index is 614. The summed E-state index contributed by atoms with van der Waals surface area (Å²) in [6, 6.07) is 3.71. The zero-order chi connectivity index (χ0) is 14.1. The molecule has 2 atom stereocenters. The Kier molecular flexibility index (Phi) is 3.22. The van der Waals surface area contributed by atoms with Crippen LogP contribution >= 0.6 is 0 Å². The predicted octanol–water partition coefficient (Wildman–Crippen LogP) is 1.59. The van der Waals surface area contributed by atoms with Crippen molar-refractivity contribution in [1.29, 1.82) is 0 Å². The van der Waals surface area contributed by atoms with Crippen molar-refractivity contribution in [3.8, 4) is 0 Å². The highest BCUT2D eigenvalue weighted by Gasteiger charge is 2.29. The number of carbonyl (C=O) groups excluding carboxylic acids is 2. The SMILES string of the molecule is Cn1cccc1C(=O)NC1CCC2N=NC(=O)C=C2C1. The maximum absolute atomic E-state index is 12.2. The van der Waals surface area contributed by atoms with Gasteiger partial charge in [-0.1, -0.05) is 0 Å². The second-order valence-corrected chi connectivity index (χ2v) is 5.24. The van der Waals surface area contributed by atoms with E-state index in [1.165, 1.54) is 0 Å². The molecule has 0 bridgehead atoms. The maximum atomic E-state index is 12.2. The van der Waals surface area contributed by atoms with E-state index in [0.29, 0.717) is 12.1 Å². The number of amides is 2. The van der Waals surface area contributed by atoms with Gasteiger partial charge in [0.25, 0.3) is 11.8 Å². The number of fused-ring (bicyclic) bond motifs is 1. The van der Waals surface area contributed by atoms with E-state index in [1.54, 1.807) is 16.7 Å². The highest BCUT2D eigenvalue weighted by atomic mass is 16.2. The van der Waals surface area contributed by atoms with Gasteiger partial charge in [-0.25, -0.2) is 0 Å². The molecule has 1 aliphatic carbocycles. The number of nitrogens with one attached hydrogen (secondary N) is 1. The van der Waals surface area contributed by atoms with Crippen LogP contribution in [0.25, 0.3) is 0 Å². The van der Waals surface area contributed by atoms with Crippen molar-refractivity contribution in [2.45, 2.75) is 31.3 Å². The van der Waals surface area contributed by atoms with Crippen LogP contribution in [0.1, 0.15) is 29.8 Å². The summed E-state index contributed by atoms with van der Waals surface area (Å²) in [6.45, 7) is 0. The number of hydrogen-bond donors (Lipinski definition) is 1. The van der Waals surface area contributed by atoms with Gasteiger partial charge in [-0.15, -0.1) is 5.11 Å². The van der Waals surface area contributed by atoms with Crippen molar-refractivity contribution >= 4 is 11.8 Å². The molecule has 1 fully saturated rings. The minimum atomic E-state index is -0.300. The van der Waals surface area contributed by atoms with Gasteiger partial charge < -0.3 is 9.88 Å². The fraction of sp³-hybridized carbons (Fsp3) is 0.429. The van der Waals surface area contributed by atoms with E-state index >= 15 is 0 Å². The van der Waals surface area contributed by atoms with Crippen LogP contribution in [0.5, 0.6) is 0 Å². The molecular formula is C14H16N4O2. The molecule has 1 aliphatic heterocycles. The molecule has 2 amide bonds. The number of hydrogen-bond acceptors (Lipinski definition) is 3. The molecule has 6 nitrogen and oxygen atoms in total. The molecule has 0 saturated heterocycles. The summed E-state index contributed by atoms with van der Waals surface area (Å²) in [5, 5.41) is 10.6. The lowest BCUT2D eigenvalue weighted by Crippen LogP contribution is -2.40. The first-order valence-corrected chi connectivity index (χ1v) is 6.71. The van der Waals surface area contributed by atoms with Crippen LogP contribution < -0.4 is 5.32 Å². The third kappa shape index (κ3) is 2.41. The van der Waals surface area contributed by atoms with E-state index in [-0.39, 0.29) is 23.9 Å². The van der Waals surface area contributed by atoms with Crippen molar-refractivity contribution in [2.24, 2.45) is 17.3 Å². The van der Waals surface area contributed by atoms with Crippen LogP contribution in [-0.4, -0.2) is 28.5 Å². The fourth-order valence-corrected chi connectivity index (χ4v) is 2.75. The van der Waals surface area contributed by atoms with E-state index in [2.05, 4.69) is 15.5 Å². The Morgan fingerprint density at radius 3 is 3.05 bits per heavy atom. The summed E-state index contributed by atoms with van der Waals surface area (Å²) in [4.78, 5) is 23.4. The molecule has 1 aromatic heterocycles. The van der Waals surface area contributed by atoms with Gasteiger partial charge in [0.15, 0.2) is 0 Å². The lowest BCUT2D eigenvalue weighted by atomic mass is 9.86. The smallest absolute Gasteiger partial charge is 0.287 e. The van der Waals surface area contributed by atoms with Crippen LogP contribution in [0.2, 0.25) is 0 Å². The maximum Gasteiger partial charge on any atom is 0.287 e. The summed E-state index contributed by atoms with van der Waals surface area (Å²) >= 11 is 0. The minimum Gasteiger partial charge on any atom is -0.348 e. The van der Waals surface area contributed by atoms with Gasteiger partial charge in [-0.3, -0.25) is 9.59 Å². The average Bonchev–Trinajstić information content (AvgIpc) is 2.84. The number of aromatic nitrogens is 1. The molecule has 6 heteroatoms. The van der Waals surface area contributed by atoms with Gasteiger partial charge in [0.2, 0.25) is 0 Å². The standard InChI is InChI=1S/C14H16N4O2/c1-18-6-2-3-12(18)14(20)15-10-4-5-11-9(7-10)8-13(19)17-16-11/h2-3,6,8,10-11H,4-5,7H2,1H3,(H,15,20). The Hall–Kier alpha value is -2.24. The second-order valence-electron chi connectivity index (χ2n) is 5.24. The van der Waals surface area contributed by atoms with Crippen LogP contribution in [0.15, 0.2) is 40.2 Å². The quantitative estimate of drug-likeness (QED) is 0.887. The summed E-state index contributed by atoms with van der Waals surface area (Å²) in [5.41, 5.74) is 1.62. The molecule has 0 radical (unpaired) electrons. The molecule has 0 spiro atoms. The number of carbonyl (C=O) groups is 2. The van der Waals surface area contributed by atoms with Gasteiger partial charge >= 0.3 is 0 Å². The predicted molar refractivity (Wildman–Crippen MR) is 72.3 cm³/mol. The van der Waals surface area contributed by atoms with Crippen molar-refractivity contribution in [2.75, 3.05) is 0 Å². The Labute approximate surface area is 116 Å². The van der Waals surface area contributed by atoms with Gasteiger partial charge in [-0.05, 0) is 37.0 Å². The molecule has 3 rings (SSSR count). The fourth-order valence-electron chi connectivity index (χ4n) is 2.75. The number of rotatable bonds is 2. The highest BCUT2D eigenvalue weighted by Crippen LogP contribution is 2.29. The first kappa shape index (κ1) is 12.8. The molecular weight excluding hydrogens is 256 g/mol. The molecule has 1 aromatic rings. The molecule has 20 heavy (non-hydrogen) atoms. The molecule has 2 heterocycles.